The number of aliphatic hydroxyl groups is 1. The minimum absolute atomic E-state index is 0.0743. The van der Waals surface area contributed by atoms with Crippen molar-refractivity contribution in [1.29, 1.82) is 0 Å². The fraction of sp³-hybridized carbons (Fsp3) is 0.643. The lowest BCUT2D eigenvalue weighted by atomic mass is 9.88. The van der Waals surface area contributed by atoms with Gasteiger partial charge in [-0.3, -0.25) is 4.79 Å². The maximum absolute atomic E-state index is 12.0. The van der Waals surface area contributed by atoms with E-state index in [-0.39, 0.29) is 24.4 Å². The van der Waals surface area contributed by atoms with Crippen LogP contribution in [0.5, 0.6) is 0 Å². The van der Waals surface area contributed by atoms with E-state index in [0.717, 1.165) is 6.42 Å². The first-order chi connectivity index (χ1) is 8.38. The molecule has 3 unspecified atom stereocenters. The predicted molar refractivity (Wildman–Crippen MR) is 72.2 cm³/mol. The number of hydrogen-bond donors (Lipinski definition) is 2. The summed E-state index contributed by atoms with van der Waals surface area (Å²) in [5.74, 6) is 0.0782. The zero-order chi connectivity index (χ0) is 13.8. The maximum Gasteiger partial charge on any atom is 0.242 e. The number of aromatic nitrogens is 1. The molecule has 0 fully saturated rings. The number of rotatable bonds is 6. The lowest BCUT2D eigenvalue weighted by molar-refractivity contribution is -0.125. The summed E-state index contributed by atoms with van der Waals surface area (Å²) >= 11 is 0. The monoisotopic (exact) mass is 252 g/mol. The molecule has 0 aromatic carbocycles. The highest BCUT2D eigenvalue weighted by Gasteiger charge is 2.28. The van der Waals surface area contributed by atoms with Gasteiger partial charge in [0.2, 0.25) is 5.91 Å². The van der Waals surface area contributed by atoms with E-state index in [1.54, 1.807) is 6.92 Å². The molecular weight excluding hydrogens is 228 g/mol. The van der Waals surface area contributed by atoms with Crippen LogP contribution < -0.4 is 5.32 Å². The van der Waals surface area contributed by atoms with Crippen LogP contribution in [-0.2, 0) is 4.79 Å². The predicted octanol–water partition coefficient (Wildman–Crippen LogP) is 1.96. The SMILES string of the molecule is CCC(C)C(C)(O)CNC(=O)C(C)n1cccc1. The van der Waals surface area contributed by atoms with Crippen LogP contribution in [0, 0.1) is 5.92 Å². The lowest BCUT2D eigenvalue weighted by Gasteiger charge is -2.30. The zero-order valence-electron chi connectivity index (χ0n) is 11.7. The van der Waals surface area contributed by atoms with E-state index < -0.39 is 5.60 Å². The van der Waals surface area contributed by atoms with Gasteiger partial charge in [0.25, 0.3) is 0 Å². The summed E-state index contributed by atoms with van der Waals surface area (Å²) in [4.78, 5) is 12.0. The molecule has 2 N–H and O–H groups in total. The Bertz CT molecular complexity index is 371. The average molecular weight is 252 g/mol. The summed E-state index contributed by atoms with van der Waals surface area (Å²) in [6.07, 6.45) is 4.60. The molecule has 0 aliphatic rings. The Kier molecular flexibility index (Phi) is 4.96. The molecule has 0 bridgehead atoms. The largest absolute Gasteiger partial charge is 0.388 e. The van der Waals surface area contributed by atoms with Gasteiger partial charge in [0.1, 0.15) is 6.04 Å². The summed E-state index contributed by atoms with van der Waals surface area (Å²) in [5.41, 5.74) is -0.860. The van der Waals surface area contributed by atoms with Gasteiger partial charge < -0.3 is 15.0 Å². The van der Waals surface area contributed by atoms with Gasteiger partial charge in [-0.2, -0.15) is 0 Å². The number of hydrogen-bond acceptors (Lipinski definition) is 2. The third-order valence-corrected chi connectivity index (χ3v) is 3.75. The number of carbonyl (C=O) groups is 1. The summed E-state index contributed by atoms with van der Waals surface area (Å²) in [5, 5.41) is 13.0. The fourth-order valence-electron chi connectivity index (χ4n) is 1.77. The third kappa shape index (κ3) is 3.60. The van der Waals surface area contributed by atoms with Gasteiger partial charge in [0.15, 0.2) is 0 Å². The summed E-state index contributed by atoms with van der Waals surface area (Å²) in [6.45, 7) is 7.91. The normalized spacial score (nSPS) is 17.8. The molecule has 4 nitrogen and oxygen atoms in total. The Morgan fingerprint density at radius 2 is 1.94 bits per heavy atom. The molecular formula is C14H24N2O2. The third-order valence-electron chi connectivity index (χ3n) is 3.75. The first-order valence-corrected chi connectivity index (χ1v) is 6.51. The van der Waals surface area contributed by atoms with Gasteiger partial charge >= 0.3 is 0 Å². The topological polar surface area (TPSA) is 54.3 Å². The van der Waals surface area contributed by atoms with Crippen LogP contribution in [0.3, 0.4) is 0 Å². The molecule has 0 spiro atoms. The van der Waals surface area contributed by atoms with Crippen LogP contribution in [0.4, 0.5) is 0 Å². The highest BCUT2D eigenvalue weighted by molar-refractivity contribution is 5.79. The van der Waals surface area contributed by atoms with E-state index in [2.05, 4.69) is 5.32 Å². The molecule has 18 heavy (non-hydrogen) atoms. The Balaban J connectivity index is 2.51. The minimum Gasteiger partial charge on any atom is -0.388 e. The van der Waals surface area contributed by atoms with Crippen LogP contribution in [0.25, 0.3) is 0 Å². The van der Waals surface area contributed by atoms with Crippen molar-refractivity contribution in [3.05, 3.63) is 24.5 Å². The summed E-state index contributed by atoms with van der Waals surface area (Å²) in [6, 6.07) is 3.52. The van der Waals surface area contributed by atoms with Crippen LogP contribution in [0.15, 0.2) is 24.5 Å². The number of amides is 1. The van der Waals surface area contributed by atoms with Crippen molar-refractivity contribution < 1.29 is 9.90 Å². The second-order valence-corrected chi connectivity index (χ2v) is 5.19. The molecule has 1 rings (SSSR count). The molecule has 1 aromatic heterocycles. The molecule has 4 heteroatoms. The number of nitrogens with zero attached hydrogens (tertiary/aromatic N) is 1. The number of carbonyl (C=O) groups excluding carboxylic acids is 1. The molecule has 1 amide bonds. The highest BCUT2D eigenvalue weighted by atomic mass is 16.3. The molecule has 0 saturated carbocycles. The van der Waals surface area contributed by atoms with Crippen LogP contribution in [0.2, 0.25) is 0 Å². The molecule has 1 aromatic rings. The first kappa shape index (κ1) is 14.8. The van der Waals surface area contributed by atoms with Gasteiger partial charge in [-0.15, -0.1) is 0 Å². The van der Waals surface area contributed by atoms with E-state index in [1.807, 2.05) is 49.9 Å². The summed E-state index contributed by atoms with van der Waals surface area (Å²) in [7, 11) is 0. The van der Waals surface area contributed by atoms with Gasteiger partial charge in [0, 0.05) is 18.9 Å². The van der Waals surface area contributed by atoms with E-state index >= 15 is 0 Å². The fourth-order valence-corrected chi connectivity index (χ4v) is 1.77. The quantitative estimate of drug-likeness (QED) is 0.813. The van der Waals surface area contributed by atoms with Crippen LogP contribution >= 0.6 is 0 Å². The molecule has 0 saturated heterocycles. The molecule has 0 radical (unpaired) electrons. The van der Waals surface area contributed by atoms with Gasteiger partial charge in [-0.05, 0) is 31.9 Å². The maximum atomic E-state index is 12.0. The lowest BCUT2D eigenvalue weighted by Crippen LogP contribution is -2.46. The van der Waals surface area contributed by atoms with Crippen molar-refractivity contribution >= 4 is 5.91 Å². The van der Waals surface area contributed by atoms with Crippen molar-refractivity contribution in [2.75, 3.05) is 6.54 Å². The molecule has 102 valence electrons. The Labute approximate surface area is 109 Å². The standard InChI is InChI=1S/C14H24N2O2/c1-5-11(2)14(4,18)10-15-13(17)12(3)16-8-6-7-9-16/h6-9,11-12,18H,5,10H2,1-4H3,(H,15,17). The minimum atomic E-state index is -0.860. The van der Waals surface area contributed by atoms with Gasteiger partial charge in [0.05, 0.1) is 5.60 Å². The molecule has 0 aliphatic carbocycles. The van der Waals surface area contributed by atoms with Crippen molar-refractivity contribution in [2.45, 2.75) is 45.8 Å². The van der Waals surface area contributed by atoms with E-state index in [9.17, 15) is 9.90 Å². The van der Waals surface area contributed by atoms with Crippen molar-refractivity contribution in [1.82, 2.24) is 9.88 Å². The van der Waals surface area contributed by atoms with E-state index in [4.69, 9.17) is 0 Å². The van der Waals surface area contributed by atoms with Crippen molar-refractivity contribution in [3.63, 3.8) is 0 Å². The van der Waals surface area contributed by atoms with E-state index in [0.29, 0.717) is 0 Å². The molecule has 1 heterocycles. The van der Waals surface area contributed by atoms with Gasteiger partial charge in [-0.25, -0.2) is 0 Å². The first-order valence-electron chi connectivity index (χ1n) is 6.51. The molecule has 3 atom stereocenters. The number of nitrogens with one attached hydrogen (secondary N) is 1. The Morgan fingerprint density at radius 3 is 2.44 bits per heavy atom. The van der Waals surface area contributed by atoms with Crippen LogP contribution in [0.1, 0.15) is 40.2 Å². The second-order valence-electron chi connectivity index (χ2n) is 5.19. The zero-order valence-corrected chi connectivity index (χ0v) is 11.7. The summed E-state index contributed by atoms with van der Waals surface area (Å²) < 4.78 is 1.84. The van der Waals surface area contributed by atoms with Crippen molar-refractivity contribution in [2.24, 2.45) is 5.92 Å². The van der Waals surface area contributed by atoms with Crippen LogP contribution in [-0.4, -0.2) is 27.7 Å². The van der Waals surface area contributed by atoms with Gasteiger partial charge in [-0.1, -0.05) is 20.3 Å². The average Bonchev–Trinajstić information content (AvgIpc) is 2.87. The smallest absolute Gasteiger partial charge is 0.242 e. The Hall–Kier alpha value is -1.29. The molecule has 0 aliphatic heterocycles. The van der Waals surface area contributed by atoms with Crippen molar-refractivity contribution in [3.8, 4) is 0 Å². The van der Waals surface area contributed by atoms with E-state index in [1.165, 1.54) is 0 Å². The highest BCUT2D eigenvalue weighted by Crippen LogP contribution is 2.19. The Morgan fingerprint density at radius 1 is 1.39 bits per heavy atom. The second kappa shape index (κ2) is 6.05.